The topological polar surface area (TPSA) is 29.9 Å². The molecule has 2 aromatic heterocycles. The minimum Gasteiger partial charge on any atom is -0.316 e. The van der Waals surface area contributed by atoms with E-state index in [4.69, 9.17) is 16.7 Å². The zero-order valence-electron chi connectivity index (χ0n) is 13.7. The molecule has 3 heterocycles. The van der Waals surface area contributed by atoms with Crippen molar-refractivity contribution in [1.29, 1.82) is 0 Å². The van der Waals surface area contributed by atoms with E-state index in [1.807, 2.05) is 6.07 Å². The number of nitrogens with zero attached hydrogens (tertiary/aromatic N) is 2. The maximum absolute atomic E-state index is 6.09. The quantitative estimate of drug-likeness (QED) is 0.757. The highest BCUT2D eigenvalue weighted by molar-refractivity contribution is 7.16. The molecule has 0 atom stereocenters. The molecule has 0 saturated carbocycles. The Kier molecular flexibility index (Phi) is 4.44. The first-order valence-electron chi connectivity index (χ1n) is 8.31. The molecule has 0 bridgehead atoms. The lowest BCUT2D eigenvalue weighted by Crippen LogP contribution is -2.17. The summed E-state index contributed by atoms with van der Waals surface area (Å²) in [5, 5.41) is 8.49. The highest BCUT2D eigenvalue weighted by Gasteiger charge is 2.21. The van der Waals surface area contributed by atoms with Crippen molar-refractivity contribution < 1.29 is 0 Å². The van der Waals surface area contributed by atoms with E-state index in [1.165, 1.54) is 27.3 Å². The Balaban J connectivity index is 1.77. The van der Waals surface area contributed by atoms with Gasteiger partial charge in [-0.1, -0.05) is 41.4 Å². The van der Waals surface area contributed by atoms with E-state index in [2.05, 4.69) is 47.3 Å². The molecule has 3 aromatic rings. The van der Waals surface area contributed by atoms with Gasteiger partial charge in [-0.15, -0.1) is 11.3 Å². The molecule has 3 nitrogen and oxygen atoms in total. The zero-order valence-corrected chi connectivity index (χ0v) is 15.3. The number of rotatable bonds is 3. The summed E-state index contributed by atoms with van der Waals surface area (Å²) in [6.07, 6.45) is 2.05. The van der Waals surface area contributed by atoms with E-state index in [-0.39, 0.29) is 0 Å². The highest BCUT2D eigenvalue weighted by Crippen LogP contribution is 2.29. The van der Waals surface area contributed by atoms with Crippen LogP contribution in [0.4, 0.5) is 0 Å². The van der Waals surface area contributed by atoms with Crippen molar-refractivity contribution in [3.05, 3.63) is 62.4 Å². The summed E-state index contributed by atoms with van der Waals surface area (Å²) in [6.45, 7) is 4.94. The van der Waals surface area contributed by atoms with Crippen LogP contribution in [0.1, 0.15) is 21.7 Å². The third-order valence-corrected chi connectivity index (χ3v) is 5.73. The Morgan fingerprint density at radius 2 is 1.92 bits per heavy atom. The number of aryl methyl sites for hydroxylation is 1. The first-order chi connectivity index (χ1) is 11.7. The Hall–Kier alpha value is -1.62. The van der Waals surface area contributed by atoms with Crippen LogP contribution in [0.5, 0.6) is 0 Å². The summed E-state index contributed by atoms with van der Waals surface area (Å²) in [5.41, 5.74) is 6.38. The van der Waals surface area contributed by atoms with Gasteiger partial charge in [0.15, 0.2) is 0 Å². The molecule has 0 saturated heterocycles. The number of aromatic nitrogens is 2. The molecule has 1 aliphatic heterocycles. The fourth-order valence-electron chi connectivity index (χ4n) is 3.28. The number of benzene rings is 1. The van der Waals surface area contributed by atoms with E-state index in [0.717, 1.165) is 42.5 Å². The van der Waals surface area contributed by atoms with Gasteiger partial charge in [-0.25, -0.2) is 0 Å². The maximum atomic E-state index is 6.09. The highest BCUT2D eigenvalue weighted by atomic mass is 35.5. The van der Waals surface area contributed by atoms with Crippen LogP contribution >= 0.6 is 22.9 Å². The number of fused-ring (bicyclic) bond motifs is 1. The molecular weight excluding hydrogens is 338 g/mol. The predicted octanol–water partition coefficient (Wildman–Crippen LogP) is 4.31. The van der Waals surface area contributed by atoms with Crippen molar-refractivity contribution in [2.75, 3.05) is 13.1 Å². The van der Waals surface area contributed by atoms with Crippen LogP contribution in [0, 0.1) is 6.92 Å². The van der Waals surface area contributed by atoms with Gasteiger partial charge in [-0.05, 0) is 32.0 Å². The summed E-state index contributed by atoms with van der Waals surface area (Å²) in [6, 6.07) is 12.8. The van der Waals surface area contributed by atoms with E-state index in [1.54, 1.807) is 11.3 Å². The standard InChI is InChI=1S/C19H20ClN3S/c1-13-2-4-14(5-3-13)19-16-8-10-21-11-9-17(16)23(22-19)12-15-6-7-18(20)24-15/h2-7,21H,8-12H2,1H3. The largest absolute Gasteiger partial charge is 0.316 e. The molecule has 5 heteroatoms. The van der Waals surface area contributed by atoms with Crippen molar-refractivity contribution >= 4 is 22.9 Å². The molecule has 1 aromatic carbocycles. The van der Waals surface area contributed by atoms with Crippen LogP contribution in [-0.2, 0) is 19.4 Å². The Bertz CT molecular complexity index is 848. The van der Waals surface area contributed by atoms with Crippen LogP contribution in [0.25, 0.3) is 11.3 Å². The minimum atomic E-state index is 0.797. The number of hydrogen-bond donors (Lipinski definition) is 1. The van der Waals surface area contributed by atoms with E-state index in [0.29, 0.717) is 0 Å². The summed E-state index contributed by atoms with van der Waals surface area (Å²) in [7, 11) is 0. The van der Waals surface area contributed by atoms with Gasteiger partial charge in [-0.3, -0.25) is 4.68 Å². The zero-order chi connectivity index (χ0) is 16.5. The molecule has 4 rings (SSSR count). The van der Waals surface area contributed by atoms with Crippen LogP contribution in [0.15, 0.2) is 36.4 Å². The van der Waals surface area contributed by atoms with Gasteiger partial charge in [0.2, 0.25) is 0 Å². The molecule has 0 spiro atoms. The van der Waals surface area contributed by atoms with E-state index in [9.17, 15) is 0 Å². The smallest absolute Gasteiger partial charge is 0.0958 e. The maximum Gasteiger partial charge on any atom is 0.0958 e. The lowest BCUT2D eigenvalue weighted by atomic mass is 10.0. The van der Waals surface area contributed by atoms with Gasteiger partial charge >= 0.3 is 0 Å². The average molecular weight is 358 g/mol. The Morgan fingerprint density at radius 3 is 2.67 bits per heavy atom. The molecule has 0 unspecified atom stereocenters. The van der Waals surface area contributed by atoms with Crippen LogP contribution in [0.3, 0.4) is 0 Å². The second kappa shape index (κ2) is 6.71. The third-order valence-electron chi connectivity index (χ3n) is 4.52. The van der Waals surface area contributed by atoms with E-state index < -0.39 is 0 Å². The Morgan fingerprint density at radius 1 is 1.12 bits per heavy atom. The van der Waals surface area contributed by atoms with Crippen LogP contribution in [0.2, 0.25) is 4.34 Å². The van der Waals surface area contributed by atoms with Gasteiger partial charge in [0, 0.05) is 34.7 Å². The third kappa shape index (κ3) is 3.14. The predicted molar refractivity (Wildman–Crippen MR) is 101 cm³/mol. The molecule has 0 amide bonds. The molecule has 0 fully saturated rings. The Labute approximate surface area is 151 Å². The second-order valence-corrected chi connectivity index (χ2v) is 8.05. The number of halogens is 1. The summed E-state index contributed by atoms with van der Waals surface area (Å²) in [4.78, 5) is 1.25. The van der Waals surface area contributed by atoms with Crippen molar-refractivity contribution in [2.45, 2.75) is 26.3 Å². The first-order valence-corrected chi connectivity index (χ1v) is 9.50. The molecule has 124 valence electrons. The lowest BCUT2D eigenvalue weighted by molar-refractivity contribution is 0.633. The molecule has 1 N–H and O–H groups in total. The fraction of sp³-hybridized carbons (Fsp3) is 0.316. The SMILES string of the molecule is Cc1ccc(-c2nn(Cc3ccc(Cl)s3)c3c2CCNCC3)cc1. The molecule has 1 aliphatic rings. The van der Waals surface area contributed by atoms with Gasteiger partial charge in [0.25, 0.3) is 0 Å². The second-order valence-electron chi connectivity index (χ2n) is 6.25. The molecule has 0 aliphatic carbocycles. The molecule has 0 radical (unpaired) electrons. The van der Waals surface area contributed by atoms with Gasteiger partial charge in [0.05, 0.1) is 16.6 Å². The minimum absolute atomic E-state index is 0.797. The van der Waals surface area contributed by atoms with Gasteiger partial charge in [-0.2, -0.15) is 5.10 Å². The fourth-order valence-corrected chi connectivity index (χ4v) is 4.35. The van der Waals surface area contributed by atoms with Crippen LogP contribution in [-0.4, -0.2) is 22.9 Å². The monoisotopic (exact) mass is 357 g/mol. The molecular formula is C19H20ClN3S. The number of hydrogen-bond acceptors (Lipinski definition) is 3. The van der Waals surface area contributed by atoms with Crippen molar-refractivity contribution in [3.63, 3.8) is 0 Å². The summed E-state index contributed by atoms with van der Waals surface area (Å²) < 4.78 is 3.02. The van der Waals surface area contributed by atoms with E-state index >= 15 is 0 Å². The molecule has 24 heavy (non-hydrogen) atoms. The van der Waals surface area contributed by atoms with Crippen molar-refractivity contribution in [3.8, 4) is 11.3 Å². The van der Waals surface area contributed by atoms with Crippen molar-refractivity contribution in [2.24, 2.45) is 0 Å². The van der Waals surface area contributed by atoms with Gasteiger partial charge < -0.3 is 5.32 Å². The van der Waals surface area contributed by atoms with Gasteiger partial charge in [0.1, 0.15) is 0 Å². The first kappa shape index (κ1) is 15.9. The average Bonchev–Trinajstić information content (AvgIpc) is 3.03. The number of nitrogens with one attached hydrogen (secondary N) is 1. The van der Waals surface area contributed by atoms with Crippen molar-refractivity contribution in [1.82, 2.24) is 15.1 Å². The normalized spacial score (nSPS) is 14.4. The number of thiophene rings is 1. The lowest BCUT2D eigenvalue weighted by Gasteiger charge is -2.05. The summed E-state index contributed by atoms with van der Waals surface area (Å²) in [5.74, 6) is 0. The van der Waals surface area contributed by atoms with Crippen LogP contribution < -0.4 is 5.32 Å². The summed E-state index contributed by atoms with van der Waals surface area (Å²) >= 11 is 7.73.